The van der Waals surface area contributed by atoms with Gasteiger partial charge in [-0.3, -0.25) is 4.79 Å². The second kappa shape index (κ2) is 5.40. The highest BCUT2D eigenvalue weighted by Crippen LogP contribution is 2.08. The summed E-state index contributed by atoms with van der Waals surface area (Å²) in [6.07, 6.45) is 0.418. The van der Waals surface area contributed by atoms with Crippen LogP contribution in [0.4, 0.5) is 0 Å². The number of rotatable bonds is 4. The highest BCUT2D eigenvalue weighted by molar-refractivity contribution is 5.78. The molecule has 14 heavy (non-hydrogen) atoms. The average Bonchev–Trinajstić information content (AvgIpc) is 2.19. The van der Waals surface area contributed by atoms with Gasteiger partial charge >= 0.3 is 0 Å². The molecular formula is C11H16N2O. The lowest BCUT2D eigenvalue weighted by Crippen LogP contribution is -2.25. The Morgan fingerprint density at radius 3 is 2.57 bits per heavy atom. The first-order chi connectivity index (χ1) is 6.77. The Balaban J connectivity index is 2.70. The average molecular weight is 192 g/mol. The van der Waals surface area contributed by atoms with Crippen molar-refractivity contribution >= 4 is 5.91 Å². The molecule has 0 saturated heterocycles. The van der Waals surface area contributed by atoms with E-state index in [1.54, 1.807) is 0 Å². The van der Waals surface area contributed by atoms with Crippen LogP contribution in [-0.4, -0.2) is 12.5 Å². The summed E-state index contributed by atoms with van der Waals surface area (Å²) in [6, 6.07) is 7.75. The van der Waals surface area contributed by atoms with Crippen molar-refractivity contribution < 1.29 is 4.79 Å². The van der Waals surface area contributed by atoms with Gasteiger partial charge in [0.25, 0.3) is 0 Å². The number of likely N-dealkylation sites (N-methyl/N-ethyl adjacent to an activating group) is 1. The number of nitrogens with one attached hydrogen (secondary N) is 1. The summed E-state index contributed by atoms with van der Waals surface area (Å²) in [4.78, 5) is 11.3. The summed E-state index contributed by atoms with van der Waals surface area (Å²) >= 11 is 0. The van der Waals surface area contributed by atoms with Crippen LogP contribution in [0.1, 0.15) is 18.1 Å². The van der Waals surface area contributed by atoms with E-state index < -0.39 is 0 Å². The molecule has 0 spiro atoms. The molecule has 1 amide bonds. The fourth-order valence-electron chi connectivity index (χ4n) is 1.36. The zero-order chi connectivity index (χ0) is 10.4. The largest absolute Gasteiger partial charge is 0.356 e. The first-order valence-corrected chi connectivity index (χ1v) is 4.81. The molecular weight excluding hydrogens is 176 g/mol. The maximum Gasteiger partial charge on any atom is 0.224 e. The van der Waals surface area contributed by atoms with Gasteiger partial charge in [-0.25, -0.2) is 0 Å². The summed E-state index contributed by atoms with van der Waals surface area (Å²) in [5.74, 6) is 0.0494. The van der Waals surface area contributed by atoms with Crippen molar-refractivity contribution in [2.45, 2.75) is 19.9 Å². The minimum atomic E-state index is 0.0494. The smallest absolute Gasteiger partial charge is 0.224 e. The van der Waals surface area contributed by atoms with E-state index in [1.165, 1.54) is 0 Å². The zero-order valence-electron chi connectivity index (χ0n) is 8.42. The third kappa shape index (κ3) is 2.85. The number of benzene rings is 1. The normalized spacial score (nSPS) is 9.86. The van der Waals surface area contributed by atoms with Gasteiger partial charge in [0, 0.05) is 13.1 Å². The molecule has 0 unspecified atom stereocenters. The summed E-state index contributed by atoms with van der Waals surface area (Å²) < 4.78 is 0. The number of nitrogens with two attached hydrogens (primary N) is 1. The first-order valence-electron chi connectivity index (χ1n) is 4.81. The fourth-order valence-corrected chi connectivity index (χ4v) is 1.36. The molecule has 1 aromatic rings. The highest BCUT2D eigenvalue weighted by atomic mass is 16.1. The molecule has 1 rings (SSSR count). The molecule has 0 heterocycles. The van der Waals surface area contributed by atoms with Crippen molar-refractivity contribution in [2.24, 2.45) is 5.73 Å². The molecule has 0 saturated carbocycles. The summed E-state index contributed by atoms with van der Waals surface area (Å²) in [5.41, 5.74) is 7.62. The van der Waals surface area contributed by atoms with Crippen LogP contribution in [-0.2, 0) is 17.8 Å². The molecule has 0 aliphatic rings. The number of carbonyl (C=O) groups is 1. The van der Waals surface area contributed by atoms with Gasteiger partial charge in [0.1, 0.15) is 0 Å². The van der Waals surface area contributed by atoms with Gasteiger partial charge < -0.3 is 11.1 Å². The van der Waals surface area contributed by atoms with Crippen molar-refractivity contribution in [3.8, 4) is 0 Å². The lowest BCUT2D eigenvalue weighted by molar-refractivity contribution is -0.120. The summed E-state index contributed by atoms with van der Waals surface area (Å²) in [6.45, 7) is 3.06. The Morgan fingerprint density at radius 1 is 1.36 bits per heavy atom. The number of carbonyl (C=O) groups excluding carboxylic acids is 1. The van der Waals surface area contributed by atoms with Gasteiger partial charge in [0.2, 0.25) is 5.91 Å². The molecule has 0 radical (unpaired) electrons. The Morgan fingerprint density at radius 2 is 2.00 bits per heavy atom. The van der Waals surface area contributed by atoms with E-state index in [-0.39, 0.29) is 5.91 Å². The molecule has 0 aliphatic heterocycles. The van der Waals surface area contributed by atoms with E-state index in [4.69, 9.17) is 5.73 Å². The second-order valence-electron chi connectivity index (χ2n) is 3.10. The predicted molar refractivity (Wildman–Crippen MR) is 56.7 cm³/mol. The van der Waals surface area contributed by atoms with Crippen LogP contribution >= 0.6 is 0 Å². The maximum absolute atomic E-state index is 11.3. The maximum atomic E-state index is 11.3. The predicted octanol–water partition coefficient (Wildman–Crippen LogP) is 0.824. The molecule has 0 bridgehead atoms. The zero-order valence-corrected chi connectivity index (χ0v) is 8.42. The Bertz CT molecular complexity index is 310. The van der Waals surface area contributed by atoms with Crippen molar-refractivity contribution in [3.05, 3.63) is 35.4 Å². The van der Waals surface area contributed by atoms with E-state index in [1.807, 2.05) is 31.2 Å². The van der Waals surface area contributed by atoms with E-state index in [2.05, 4.69) is 5.32 Å². The van der Waals surface area contributed by atoms with E-state index in [9.17, 15) is 4.79 Å². The van der Waals surface area contributed by atoms with Gasteiger partial charge in [-0.05, 0) is 18.1 Å². The van der Waals surface area contributed by atoms with Gasteiger partial charge in [-0.15, -0.1) is 0 Å². The monoisotopic (exact) mass is 192 g/mol. The van der Waals surface area contributed by atoms with E-state index in [0.717, 1.165) is 11.1 Å². The number of hydrogen-bond acceptors (Lipinski definition) is 2. The molecule has 0 aromatic heterocycles. The summed E-state index contributed by atoms with van der Waals surface area (Å²) in [7, 11) is 0. The van der Waals surface area contributed by atoms with Gasteiger partial charge in [0.05, 0.1) is 6.42 Å². The third-order valence-corrected chi connectivity index (χ3v) is 2.06. The number of amides is 1. The van der Waals surface area contributed by atoms with Crippen molar-refractivity contribution in [3.63, 3.8) is 0 Å². The fraction of sp³-hybridized carbons (Fsp3) is 0.364. The molecule has 76 valence electrons. The minimum Gasteiger partial charge on any atom is -0.356 e. The second-order valence-corrected chi connectivity index (χ2v) is 3.10. The Hall–Kier alpha value is -1.35. The topological polar surface area (TPSA) is 55.1 Å². The van der Waals surface area contributed by atoms with E-state index in [0.29, 0.717) is 19.5 Å². The Labute approximate surface area is 84.3 Å². The van der Waals surface area contributed by atoms with Crippen LogP contribution in [0.25, 0.3) is 0 Å². The quantitative estimate of drug-likeness (QED) is 0.742. The molecule has 3 heteroatoms. The molecule has 0 fully saturated rings. The molecule has 1 aromatic carbocycles. The minimum absolute atomic E-state index is 0.0494. The Kier molecular flexibility index (Phi) is 4.13. The highest BCUT2D eigenvalue weighted by Gasteiger charge is 2.04. The van der Waals surface area contributed by atoms with Gasteiger partial charge in [-0.1, -0.05) is 24.3 Å². The van der Waals surface area contributed by atoms with Gasteiger partial charge in [-0.2, -0.15) is 0 Å². The van der Waals surface area contributed by atoms with Crippen molar-refractivity contribution in [2.75, 3.05) is 6.54 Å². The van der Waals surface area contributed by atoms with E-state index >= 15 is 0 Å². The van der Waals surface area contributed by atoms with Crippen LogP contribution < -0.4 is 11.1 Å². The molecule has 3 N–H and O–H groups in total. The van der Waals surface area contributed by atoms with Crippen molar-refractivity contribution in [1.29, 1.82) is 0 Å². The van der Waals surface area contributed by atoms with Gasteiger partial charge in [0.15, 0.2) is 0 Å². The van der Waals surface area contributed by atoms with Crippen LogP contribution in [0.3, 0.4) is 0 Å². The molecule has 0 aliphatic carbocycles. The first kappa shape index (κ1) is 10.7. The van der Waals surface area contributed by atoms with Crippen LogP contribution in [0, 0.1) is 0 Å². The van der Waals surface area contributed by atoms with Crippen LogP contribution in [0.15, 0.2) is 24.3 Å². The van der Waals surface area contributed by atoms with Crippen LogP contribution in [0.2, 0.25) is 0 Å². The van der Waals surface area contributed by atoms with Crippen molar-refractivity contribution in [1.82, 2.24) is 5.32 Å². The standard InChI is InChI=1S/C11H16N2O/c1-2-13-11(14)7-9-5-3-4-6-10(9)8-12/h3-6H,2,7-8,12H2,1H3,(H,13,14). The SMILES string of the molecule is CCNC(=O)Cc1ccccc1CN. The number of hydrogen-bond donors (Lipinski definition) is 2. The lowest BCUT2D eigenvalue weighted by atomic mass is 10.0. The molecule has 0 atom stereocenters. The third-order valence-electron chi connectivity index (χ3n) is 2.06. The van der Waals surface area contributed by atoms with Crippen LogP contribution in [0.5, 0.6) is 0 Å². The lowest BCUT2D eigenvalue weighted by Gasteiger charge is -2.06. The summed E-state index contributed by atoms with van der Waals surface area (Å²) in [5, 5.41) is 2.77. The molecule has 3 nitrogen and oxygen atoms in total.